The highest BCUT2D eigenvalue weighted by Gasteiger charge is 1.94. The van der Waals surface area contributed by atoms with Crippen LogP contribution in [0.3, 0.4) is 0 Å². The van der Waals surface area contributed by atoms with Crippen molar-refractivity contribution < 1.29 is 18.9 Å². The minimum absolute atomic E-state index is 0. The van der Waals surface area contributed by atoms with Gasteiger partial charge in [-0.3, -0.25) is 0 Å². The first-order chi connectivity index (χ1) is 6.00. The van der Waals surface area contributed by atoms with E-state index in [1.165, 1.54) is 0 Å². The Morgan fingerprint density at radius 1 is 0.385 bits per heavy atom. The first-order valence-electron chi connectivity index (χ1n) is 4.31. The molecular formula is C9H20O4. The lowest BCUT2D eigenvalue weighted by molar-refractivity contribution is -0.0334. The predicted molar refractivity (Wildman–Crippen MR) is 50.0 cm³/mol. The third-order valence-corrected chi connectivity index (χ3v) is 1.49. The molecule has 0 spiro atoms. The molecule has 2 heterocycles. The molecule has 2 fully saturated rings. The van der Waals surface area contributed by atoms with Gasteiger partial charge in [0.15, 0.2) is 0 Å². The summed E-state index contributed by atoms with van der Waals surface area (Å²) >= 11 is 0. The highest BCUT2D eigenvalue weighted by Crippen LogP contribution is 1.85. The molecule has 0 unspecified atom stereocenters. The zero-order chi connectivity index (χ0) is 8.49. The summed E-state index contributed by atoms with van der Waals surface area (Å²) in [7, 11) is 0. The van der Waals surface area contributed by atoms with Gasteiger partial charge >= 0.3 is 0 Å². The molecule has 2 saturated heterocycles. The van der Waals surface area contributed by atoms with Gasteiger partial charge in [-0.05, 0) is 0 Å². The van der Waals surface area contributed by atoms with Crippen LogP contribution in [0.1, 0.15) is 7.43 Å². The molecule has 0 aromatic carbocycles. The van der Waals surface area contributed by atoms with Crippen LogP contribution in [-0.2, 0) is 18.9 Å². The van der Waals surface area contributed by atoms with Crippen molar-refractivity contribution in [2.75, 3.05) is 52.9 Å². The maximum atomic E-state index is 4.94. The highest BCUT2D eigenvalue weighted by molar-refractivity contribution is 4.37. The van der Waals surface area contributed by atoms with E-state index in [1.54, 1.807) is 0 Å². The molecule has 4 nitrogen and oxygen atoms in total. The van der Waals surface area contributed by atoms with Crippen LogP contribution >= 0.6 is 0 Å². The Labute approximate surface area is 80.1 Å². The average molecular weight is 192 g/mol. The van der Waals surface area contributed by atoms with Gasteiger partial charge < -0.3 is 18.9 Å². The van der Waals surface area contributed by atoms with Crippen LogP contribution in [0.5, 0.6) is 0 Å². The lowest BCUT2D eigenvalue weighted by Crippen LogP contribution is -2.16. The van der Waals surface area contributed by atoms with Gasteiger partial charge in [0.05, 0.1) is 52.9 Å². The minimum Gasteiger partial charge on any atom is -0.377 e. The van der Waals surface area contributed by atoms with Crippen LogP contribution in [0, 0.1) is 0 Å². The Morgan fingerprint density at radius 3 is 0.615 bits per heavy atom. The summed E-state index contributed by atoms with van der Waals surface area (Å²) in [6, 6.07) is 0. The topological polar surface area (TPSA) is 36.9 Å². The van der Waals surface area contributed by atoms with E-state index in [1.807, 2.05) is 0 Å². The molecule has 0 atom stereocenters. The summed E-state index contributed by atoms with van der Waals surface area (Å²) in [6.45, 7) is 6.22. The third kappa shape index (κ3) is 8.18. The first-order valence-corrected chi connectivity index (χ1v) is 4.31. The summed E-state index contributed by atoms with van der Waals surface area (Å²) < 4.78 is 19.8. The number of hydrogen-bond donors (Lipinski definition) is 0. The summed E-state index contributed by atoms with van der Waals surface area (Å²) in [5.74, 6) is 0. The van der Waals surface area contributed by atoms with Gasteiger partial charge in [-0.2, -0.15) is 0 Å². The van der Waals surface area contributed by atoms with Gasteiger partial charge in [-0.1, -0.05) is 7.43 Å². The van der Waals surface area contributed by atoms with Crippen LogP contribution < -0.4 is 0 Å². The van der Waals surface area contributed by atoms with Crippen molar-refractivity contribution in [2.24, 2.45) is 0 Å². The smallest absolute Gasteiger partial charge is 0.0701 e. The fourth-order valence-electron chi connectivity index (χ4n) is 0.880. The Balaban J connectivity index is 0.000000206. The maximum Gasteiger partial charge on any atom is 0.0701 e. The van der Waals surface area contributed by atoms with Crippen LogP contribution in [0.4, 0.5) is 0 Å². The highest BCUT2D eigenvalue weighted by atomic mass is 16.6. The lowest BCUT2D eigenvalue weighted by atomic mass is 10.6. The molecule has 0 amide bonds. The lowest BCUT2D eigenvalue weighted by Gasteiger charge is -2.09. The number of hydrogen-bond acceptors (Lipinski definition) is 4. The van der Waals surface area contributed by atoms with Crippen LogP contribution in [0.2, 0.25) is 0 Å². The van der Waals surface area contributed by atoms with E-state index in [-0.39, 0.29) is 7.43 Å². The summed E-state index contributed by atoms with van der Waals surface area (Å²) in [5.41, 5.74) is 0. The van der Waals surface area contributed by atoms with Crippen LogP contribution in [-0.4, -0.2) is 52.9 Å². The molecule has 0 aromatic heterocycles. The van der Waals surface area contributed by atoms with Crippen molar-refractivity contribution in [3.63, 3.8) is 0 Å². The standard InChI is InChI=1S/2C4H8O2.CH4/c2*1-2-6-4-3-5-1;/h2*1-4H2;1H4. The van der Waals surface area contributed by atoms with E-state index in [0.717, 1.165) is 52.9 Å². The Morgan fingerprint density at radius 2 is 0.538 bits per heavy atom. The molecule has 13 heavy (non-hydrogen) atoms. The Kier molecular flexibility index (Phi) is 9.80. The van der Waals surface area contributed by atoms with Gasteiger partial charge in [-0.15, -0.1) is 0 Å². The molecule has 80 valence electrons. The second-order valence-corrected chi connectivity index (χ2v) is 2.45. The fraction of sp³-hybridized carbons (Fsp3) is 1.00. The van der Waals surface area contributed by atoms with Crippen molar-refractivity contribution in [2.45, 2.75) is 7.43 Å². The van der Waals surface area contributed by atoms with Gasteiger partial charge in [0.1, 0.15) is 0 Å². The molecule has 0 bridgehead atoms. The Bertz CT molecular complexity index is 54.6. The van der Waals surface area contributed by atoms with Crippen molar-refractivity contribution in [3.8, 4) is 0 Å². The first kappa shape index (κ1) is 12.8. The summed E-state index contributed by atoms with van der Waals surface area (Å²) in [5, 5.41) is 0. The molecule has 2 aliphatic rings. The van der Waals surface area contributed by atoms with E-state index >= 15 is 0 Å². The fourth-order valence-corrected chi connectivity index (χ4v) is 0.880. The minimum atomic E-state index is 0. The van der Waals surface area contributed by atoms with Gasteiger partial charge in [0.25, 0.3) is 0 Å². The SMILES string of the molecule is C.C1COCCO1.C1COCCO1. The molecule has 2 rings (SSSR count). The molecule has 0 aliphatic carbocycles. The van der Waals surface area contributed by atoms with E-state index in [9.17, 15) is 0 Å². The van der Waals surface area contributed by atoms with Gasteiger partial charge in [0.2, 0.25) is 0 Å². The van der Waals surface area contributed by atoms with E-state index in [0.29, 0.717) is 0 Å². The molecular weight excluding hydrogens is 172 g/mol. The summed E-state index contributed by atoms with van der Waals surface area (Å²) in [6.07, 6.45) is 0. The van der Waals surface area contributed by atoms with Crippen molar-refractivity contribution in [3.05, 3.63) is 0 Å². The maximum absolute atomic E-state index is 4.94. The van der Waals surface area contributed by atoms with Gasteiger partial charge in [-0.25, -0.2) is 0 Å². The second-order valence-electron chi connectivity index (χ2n) is 2.45. The monoisotopic (exact) mass is 192 g/mol. The molecule has 0 radical (unpaired) electrons. The van der Waals surface area contributed by atoms with E-state index in [4.69, 9.17) is 18.9 Å². The van der Waals surface area contributed by atoms with Crippen molar-refractivity contribution >= 4 is 0 Å². The average Bonchev–Trinajstić information content (AvgIpc) is 2.24. The molecule has 4 heteroatoms. The molecule has 0 saturated carbocycles. The predicted octanol–water partition coefficient (Wildman–Crippen LogP) is 0.702. The second kappa shape index (κ2) is 9.92. The van der Waals surface area contributed by atoms with Crippen molar-refractivity contribution in [1.29, 1.82) is 0 Å². The number of rotatable bonds is 0. The van der Waals surface area contributed by atoms with Crippen LogP contribution in [0.15, 0.2) is 0 Å². The van der Waals surface area contributed by atoms with Gasteiger partial charge in [0, 0.05) is 0 Å². The van der Waals surface area contributed by atoms with Crippen molar-refractivity contribution in [1.82, 2.24) is 0 Å². The summed E-state index contributed by atoms with van der Waals surface area (Å²) in [4.78, 5) is 0. The molecule has 0 N–H and O–H groups in total. The zero-order valence-corrected chi connectivity index (χ0v) is 7.29. The van der Waals surface area contributed by atoms with E-state index in [2.05, 4.69) is 0 Å². The zero-order valence-electron chi connectivity index (χ0n) is 7.29. The quantitative estimate of drug-likeness (QED) is 0.566. The number of ether oxygens (including phenoxy) is 4. The largest absolute Gasteiger partial charge is 0.377 e. The van der Waals surface area contributed by atoms with E-state index < -0.39 is 0 Å². The normalized spacial score (nSPS) is 22.2. The Hall–Kier alpha value is -0.160. The molecule has 2 aliphatic heterocycles. The molecule has 0 aromatic rings. The van der Waals surface area contributed by atoms with Crippen LogP contribution in [0.25, 0.3) is 0 Å². The third-order valence-electron chi connectivity index (χ3n) is 1.49.